The Morgan fingerprint density at radius 2 is 2.00 bits per heavy atom. The van der Waals surface area contributed by atoms with E-state index in [1.807, 2.05) is 0 Å². The second-order valence-electron chi connectivity index (χ2n) is 4.69. The summed E-state index contributed by atoms with van der Waals surface area (Å²) in [6, 6.07) is 6.46. The summed E-state index contributed by atoms with van der Waals surface area (Å²) in [5, 5.41) is 0. The Balaban J connectivity index is 2.09. The minimum absolute atomic E-state index is 0.0495. The number of anilines is 1. The van der Waals surface area contributed by atoms with Gasteiger partial charge < -0.3 is 10.2 Å². The first-order valence-electron chi connectivity index (χ1n) is 6.59. The van der Waals surface area contributed by atoms with Crippen molar-refractivity contribution in [3.8, 4) is 17.1 Å². The monoisotopic (exact) mass is 292 g/mol. The number of nitrogens with two attached hydrogens (primary N) is 1. The van der Waals surface area contributed by atoms with Gasteiger partial charge in [-0.25, -0.2) is 15.8 Å². The third kappa shape index (κ3) is 2.64. The van der Waals surface area contributed by atoms with Crippen LogP contribution < -0.4 is 16.0 Å². The molecule has 0 aliphatic heterocycles. The molecule has 1 aromatic carbocycles. The number of hydrogen-bond acceptors (Lipinski definition) is 5. The molecule has 0 spiro atoms. The van der Waals surface area contributed by atoms with E-state index in [1.165, 1.54) is 6.07 Å². The van der Waals surface area contributed by atoms with Gasteiger partial charge in [0, 0.05) is 11.3 Å². The van der Waals surface area contributed by atoms with Crippen molar-refractivity contribution in [2.24, 2.45) is 5.84 Å². The van der Waals surface area contributed by atoms with Crippen molar-refractivity contribution in [3.05, 3.63) is 35.5 Å². The molecule has 3 rings (SSSR count). The number of nitrogen functional groups attached to an aromatic ring is 1. The van der Waals surface area contributed by atoms with E-state index < -0.39 is 6.61 Å². The Kier molecular flexibility index (Phi) is 3.66. The molecule has 0 saturated heterocycles. The summed E-state index contributed by atoms with van der Waals surface area (Å²) in [5.74, 6) is 6.42. The van der Waals surface area contributed by atoms with Crippen molar-refractivity contribution >= 4 is 5.82 Å². The van der Waals surface area contributed by atoms with E-state index in [2.05, 4.69) is 20.1 Å². The van der Waals surface area contributed by atoms with Crippen molar-refractivity contribution in [1.82, 2.24) is 9.97 Å². The summed E-state index contributed by atoms with van der Waals surface area (Å²) in [5.41, 5.74) is 4.87. The number of hydrogen-bond donors (Lipinski definition) is 2. The lowest BCUT2D eigenvalue weighted by Crippen LogP contribution is -2.13. The van der Waals surface area contributed by atoms with Crippen molar-refractivity contribution in [2.75, 3.05) is 5.43 Å². The Hall–Kier alpha value is -2.28. The quantitative estimate of drug-likeness (QED) is 0.669. The van der Waals surface area contributed by atoms with Crippen LogP contribution in [-0.4, -0.2) is 16.6 Å². The molecular weight excluding hydrogens is 278 g/mol. The number of hydrazine groups is 1. The first-order valence-corrected chi connectivity index (χ1v) is 6.59. The van der Waals surface area contributed by atoms with E-state index in [0.29, 0.717) is 17.2 Å². The molecule has 2 aromatic rings. The van der Waals surface area contributed by atoms with Gasteiger partial charge in [0.15, 0.2) is 5.82 Å². The van der Waals surface area contributed by atoms with Crippen LogP contribution >= 0.6 is 0 Å². The largest absolute Gasteiger partial charge is 0.434 e. The Labute approximate surface area is 120 Å². The molecule has 0 radical (unpaired) electrons. The molecule has 21 heavy (non-hydrogen) atoms. The molecule has 1 aliphatic carbocycles. The Bertz CT molecular complexity index is 663. The lowest BCUT2D eigenvalue weighted by Gasteiger charge is -2.12. The van der Waals surface area contributed by atoms with E-state index in [4.69, 9.17) is 5.84 Å². The maximum absolute atomic E-state index is 12.5. The highest BCUT2D eigenvalue weighted by Gasteiger charge is 2.21. The molecule has 0 unspecified atom stereocenters. The highest BCUT2D eigenvalue weighted by molar-refractivity contribution is 5.66. The molecule has 1 heterocycles. The number of aryl methyl sites for hydroxylation is 1. The number of nitrogens with zero attached hydrogens (tertiary/aromatic N) is 2. The van der Waals surface area contributed by atoms with Crippen LogP contribution in [0.25, 0.3) is 11.4 Å². The molecule has 0 bridgehead atoms. The van der Waals surface area contributed by atoms with E-state index in [-0.39, 0.29) is 5.75 Å². The van der Waals surface area contributed by atoms with Crippen molar-refractivity contribution in [2.45, 2.75) is 25.9 Å². The van der Waals surface area contributed by atoms with Crippen molar-refractivity contribution in [1.29, 1.82) is 0 Å². The molecule has 5 nitrogen and oxygen atoms in total. The minimum Gasteiger partial charge on any atom is -0.434 e. The standard InChI is InChI=1S/C14H14F2N4O/c15-14(16)21-11-7-2-1-4-9(11)12-18-10-6-3-5-8(10)13(19-12)20-17/h1-2,4,7,14H,3,5-6,17H2,(H,18,19,20). The third-order valence-electron chi connectivity index (χ3n) is 3.41. The van der Waals surface area contributed by atoms with Gasteiger partial charge >= 0.3 is 6.61 Å². The first kappa shape index (κ1) is 13.7. The summed E-state index contributed by atoms with van der Waals surface area (Å²) in [7, 11) is 0. The predicted octanol–water partition coefficient (Wildman–Crippen LogP) is 2.52. The SMILES string of the molecule is NNc1nc(-c2ccccc2OC(F)F)nc2c1CCC2. The van der Waals surface area contributed by atoms with E-state index in [1.54, 1.807) is 18.2 Å². The summed E-state index contributed by atoms with van der Waals surface area (Å²) in [4.78, 5) is 8.80. The summed E-state index contributed by atoms with van der Waals surface area (Å²) < 4.78 is 29.5. The molecule has 1 aromatic heterocycles. The molecule has 0 fully saturated rings. The average Bonchev–Trinajstić information content (AvgIpc) is 2.94. The minimum atomic E-state index is -2.90. The van der Waals surface area contributed by atoms with E-state index in [9.17, 15) is 8.78 Å². The number of ether oxygens (including phenoxy) is 1. The fourth-order valence-corrected chi connectivity index (χ4v) is 2.52. The molecule has 3 N–H and O–H groups in total. The predicted molar refractivity (Wildman–Crippen MR) is 73.9 cm³/mol. The fourth-order valence-electron chi connectivity index (χ4n) is 2.52. The van der Waals surface area contributed by atoms with Gasteiger partial charge in [-0.3, -0.25) is 0 Å². The van der Waals surface area contributed by atoms with Crippen LogP contribution in [0.1, 0.15) is 17.7 Å². The smallest absolute Gasteiger partial charge is 0.387 e. The van der Waals surface area contributed by atoms with Gasteiger partial charge in [0.05, 0.1) is 5.56 Å². The summed E-state index contributed by atoms with van der Waals surface area (Å²) in [6.07, 6.45) is 2.68. The third-order valence-corrected chi connectivity index (χ3v) is 3.41. The van der Waals surface area contributed by atoms with Crippen LogP contribution in [0.5, 0.6) is 5.75 Å². The van der Waals surface area contributed by atoms with Crippen LogP contribution in [0.2, 0.25) is 0 Å². The normalized spacial score (nSPS) is 13.3. The number of aromatic nitrogens is 2. The number of alkyl halides is 2. The zero-order valence-corrected chi connectivity index (χ0v) is 11.1. The molecular formula is C14H14F2N4O. The van der Waals surface area contributed by atoms with Gasteiger partial charge in [0.2, 0.25) is 0 Å². The Morgan fingerprint density at radius 3 is 2.76 bits per heavy atom. The van der Waals surface area contributed by atoms with Crippen LogP contribution in [0.4, 0.5) is 14.6 Å². The average molecular weight is 292 g/mol. The molecule has 0 amide bonds. The van der Waals surface area contributed by atoms with Crippen LogP contribution in [0, 0.1) is 0 Å². The summed E-state index contributed by atoms with van der Waals surface area (Å²) >= 11 is 0. The van der Waals surface area contributed by atoms with E-state index >= 15 is 0 Å². The Morgan fingerprint density at radius 1 is 1.19 bits per heavy atom. The van der Waals surface area contributed by atoms with Gasteiger partial charge in [-0.2, -0.15) is 8.78 Å². The van der Waals surface area contributed by atoms with Gasteiger partial charge in [0.1, 0.15) is 11.6 Å². The number of para-hydroxylation sites is 1. The number of rotatable bonds is 4. The maximum Gasteiger partial charge on any atom is 0.387 e. The van der Waals surface area contributed by atoms with Crippen molar-refractivity contribution in [3.63, 3.8) is 0 Å². The maximum atomic E-state index is 12.5. The van der Waals surface area contributed by atoms with E-state index in [0.717, 1.165) is 30.5 Å². The summed E-state index contributed by atoms with van der Waals surface area (Å²) in [6.45, 7) is -2.90. The van der Waals surface area contributed by atoms with Gasteiger partial charge in [-0.05, 0) is 31.4 Å². The number of nitrogens with one attached hydrogen (secondary N) is 1. The second kappa shape index (κ2) is 5.61. The van der Waals surface area contributed by atoms with Crippen LogP contribution in [-0.2, 0) is 12.8 Å². The number of halogens is 2. The number of fused-ring (bicyclic) bond motifs is 1. The lowest BCUT2D eigenvalue weighted by atomic mass is 10.1. The highest BCUT2D eigenvalue weighted by Crippen LogP contribution is 2.33. The lowest BCUT2D eigenvalue weighted by molar-refractivity contribution is -0.0494. The molecule has 1 aliphatic rings. The zero-order chi connectivity index (χ0) is 14.8. The van der Waals surface area contributed by atoms with Gasteiger partial charge in [-0.15, -0.1) is 0 Å². The van der Waals surface area contributed by atoms with Gasteiger partial charge in [0.25, 0.3) is 0 Å². The first-order chi connectivity index (χ1) is 10.2. The van der Waals surface area contributed by atoms with Crippen LogP contribution in [0.3, 0.4) is 0 Å². The van der Waals surface area contributed by atoms with Crippen LogP contribution in [0.15, 0.2) is 24.3 Å². The second-order valence-corrected chi connectivity index (χ2v) is 4.69. The number of benzene rings is 1. The zero-order valence-electron chi connectivity index (χ0n) is 11.1. The fraction of sp³-hybridized carbons (Fsp3) is 0.286. The topological polar surface area (TPSA) is 73.1 Å². The molecule has 110 valence electrons. The van der Waals surface area contributed by atoms with Gasteiger partial charge in [-0.1, -0.05) is 12.1 Å². The molecule has 0 saturated carbocycles. The van der Waals surface area contributed by atoms with Crippen molar-refractivity contribution < 1.29 is 13.5 Å². The molecule has 0 atom stereocenters. The molecule has 7 heteroatoms. The highest BCUT2D eigenvalue weighted by atomic mass is 19.3.